The molecule has 0 spiro atoms. The SMILES string of the molecule is COCCNCCCc1ncc(C2CCCCC2(C)C)o1. The molecule has 4 nitrogen and oxygen atoms in total. The van der Waals surface area contributed by atoms with Gasteiger partial charge in [-0.1, -0.05) is 26.7 Å². The fraction of sp³-hybridized carbons (Fsp3) is 0.824. The zero-order chi connectivity index (χ0) is 15.1. The van der Waals surface area contributed by atoms with E-state index in [1.807, 2.05) is 6.20 Å². The minimum absolute atomic E-state index is 0.344. The predicted octanol–water partition coefficient (Wildman–Crippen LogP) is 3.53. The molecule has 1 aromatic rings. The van der Waals surface area contributed by atoms with E-state index in [0.717, 1.165) is 44.2 Å². The van der Waals surface area contributed by atoms with E-state index in [9.17, 15) is 0 Å². The fourth-order valence-electron chi connectivity index (χ4n) is 3.29. The van der Waals surface area contributed by atoms with Crippen LogP contribution < -0.4 is 5.32 Å². The van der Waals surface area contributed by atoms with Gasteiger partial charge in [0.25, 0.3) is 0 Å². The molecular formula is C17H30N2O2. The van der Waals surface area contributed by atoms with Crippen molar-refractivity contribution in [2.24, 2.45) is 5.41 Å². The molecule has 1 heterocycles. The van der Waals surface area contributed by atoms with Crippen LogP contribution in [0.4, 0.5) is 0 Å². The van der Waals surface area contributed by atoms with Gasteiger partial charge in [0.2, 0.25) is 0 Å². The molecule has 21 heavy (non-hydrogen) atoms. The van der Waals surface area contributed by atoms with Crippen LogP contribution in [0, 0.1) is 5.41 Å². The number of hydrogen-bond acceptors (Lipinski definition) is 4. The highest BCUT2D eigenvalue weighted by molar-refractivity contribution is 5.08. The van der Waals surface area contributed by atoms with Crippen molar-refractivity contribution in [3.8, 4) is 0 Å². The van der Waals surface area contributed by atoms with Gasteiger partial charge < -0.3 is 14.5 Å². The third kappa shape index (κ3) is 4.82. The minimum Gasteiger partial charge on any atom is -0.445 e. The summed E-state index contributed by atoms with van der Waals surface area (Å²) < 4.78 is 11.0. The quantitative estimate of drug-likeness (QED) is 0.745. The number of nitrogens with zero attached hydrogens (tertiary/aromatic N) is 1. The molecule has 1 saturated carbocycles. The highest BCUT2D eigenvalue weighted by atomic mass is 16.5. The Kier molecular flexibility index (Phi) is 6.24. The van der Waals surface area contributed by atoms with Gasteiger partial charge in [0.05, 0.1) is 12.8 Å². The van der Waals surface area contributed by atoms with Crippen molar-refractivity contribution in [2.75, 3.05) is 26.8 Å². The van der Waals surface area contributed by atoms with Crippen molar-refractivity contribution >= 4 is 0 Å². The third-order valence-electron chi connectivity index (χ3n) is 4.65. The standard InChI is InChI=1S/C17H30N2O2/c1-17(2)9-5-4-7-14(17)15-13-19-16(21-15)8-6-10-18-11-12-20-3/h13-14,18H,4-12H2,1-3H3. The van der Waals surface area contributed by atoms with Crippen LogP contribution in [0.5, 0.6) is 0 Å². The largest absolute Gasteiger partial charge is 0.445 e. The Balaban J connectivity index is 1.78. The Morgan fingerprint density at radius 2 is 2.24 bits per heavy atom. The van der Waals surface area contributed by atoms with Gasteiger partial charge in [-0.15, -0.1) is 0 Å². The molecule has 0 amide bonds. The van der Waals surface area contributed by atoms with E-state index in [-0.39, 0.29) is 0 Å². The molecule has 1 N–H and O–H groups in total. The predicted molar refractivity (Wildman–Crippen MR) is 84.6 cm³/mol. The van der Waals surface area contributed by atoms with Gasteiger partial charge in [-0.05, 0) is 31.2 Å². The summed E-state index contributed by atoms with van der Waals surface area (Å²) >= 11 is 0. The molecule has 1 atom stereocenters. The van der Waals surface area contributed by atoms with Gasteiger partial charge in [0.15, 0.2) is 5.89 Å². The van der Waals surface area contributed by atoms with Crippen LogP contribution in [0.1, 0.15) is 63.5 Å². The summed E-state index contributed by atoms with van der Waals surface area (Å²) in [5, 5.41) is 3.35. The van der Waals surface area contributed by atoms with Crippen molar-refractivity contribution in [3.63, 3.8) is 0 Å². The van der Waals surface area contributed by atoms with E-state index in [1.54, 1.807) is 7.11 Å². The summed E-state index contributed by atoms with van der Waals surface area (Å²) in [6, 6.07) is 0. The second-order valence-electron chi connectivity index (χ2n) is 6.79. The first-order chi connectivity index (χ1) is 10.1. The van der Waals surface area contributed by atoms with E-state index >= 15 is 0 Å². The van der Waals surface area contributed by atoms with Crippen LogP contribution in [0.25, 0.3) is 0 Å². The number of nitrogens with one attached hydrogen (secondary N) is 1. The number of aryl methyl sites for hydroxylation is 1. The fourth-order valence-corrected chi connectivity index (χ4v) is 3.29. The second kappa shape index (κ2) is 7.95. The second-order valence-corrected chi connectivity index (χ2v) is 6.79. The zero-order valence-electron chi connectivity index (χ0n) is 13.8. The van der Waals surface area contributed by atoms with Gasteiger partial charge in [-0.25, -0.2) is 4.98 Å². The first-order valence-electron chi connectivity index (χ1n) is 8.28. The van der Waals surface area contributed by atoms with E-state index in [1.165, 1.54) is 25.7 Å². The molecule has 1 aromatic heterocycles. The number of methoxy groups -OCH3 is 1. The van der Waals surface area contributed by atoms with E-state index < -0.39 is 0 Å². The maximum atomic E-state index is 6.02. The lowest BCUT2D eigenvalue weighted by Gasteiger charge is -2.37. The Labute approximate surface area is 128 Å². The van der Waals surface area contributed by atoms with Crippen LogP contribution >= 0.6 is 0 Å². The molecule has 0 aromatic carbocycles. The van der Waals surface area contributed by atoms with Crippen LogP contribution in [-0.4, -0.2) is 31.8 Å². The Hall–Kier alpha value is -0.870. The normalized spacial score (nSPS) is 21.6. The molecule has 0 bridgehead atoms. The molecule has 120 valence electrons. The number of oxazole rings is 1. The highest BCUT2D eigenvalue weighted by Crippen LogP contribution is 2.46. The van der Waals surface area contributed by atoms with Crippen LogP contribution in [-0.2, 0) is 11.2 Å². The highest BCUT2D eigenvalue weighted by Gasteiger charge is 2.35. The maximum absolute atomic E-state index is 6.02. The minimum atomic E-state index is 0.344. The van der Waals surface area contributed by atoms with Gasteiger partial charge in [0, 0.05) is 26.0 Å². The lowest BCUT2D eigenvalue weighted by molar-refractivity contribution is 0.176. The maximum Gasteiger partial charge on any atom is 0.194 e. The smallest absolute Gasteiger partial charge is 0.194 e. The van der Waals surface area contributed by atoms with Crippen LogP contribution in [0.2, 0.25) is 0 Å². The molecule has 1 unspecified atom stereocenters. The van der Waals surface area contributed by atoms with Crippen molar-refractivity contribution < 1.29 is 9.15 Å². The lowest BCUT2D eigenvalue weighted by Crippen LogP contribution is -2.25. The number of ether oxygens (including phenoxy) is 1. The molecule has 1 aliphatic carbocycles. The Morgan fingerprint density at radius 3 is 3.00 bits per heavy atom. The summed E-state index contributed by atoms with van der Waals surface area (Å²) in [5.41, 5.74) is 0.344. The molecule has 0 aliphatic heterocycles. The summed E-state index contributed by atoms with van der Waals surface area (Å²) in [5.74, 6) is 2.52. The number of hydrogen-bond donors (Lipinski definition) is 1. The average molecular weight is 294 g/mol. The summed E-state index contributed by atoms with van der Waals surface area (Å²) in [6.45, 7) is 7.37. The Bertz CT molecular complexity index is 415. The summed E-state index contributed by atoms with van der Waals surface area (Å²) in [6.07, 6.45) is 9.11. The summed E-state index contributed by atoms with van der Waals surface area (Å²) in [4.78, 5) is 4.47. The monoisotopic (exact) mass is 294 g/mol. The van der Waals surface area contributed by atoms with Gasteiger partial charge in [0.1, 0.15) is 5.76 Å². The Morgan fingerprint density at radius 1 is 1.38 bits per heavy atom. The van der Waals surface area contributed by atoms with Crippen LogP contribution in [0.15, 0.2) is 10.6 Å². The zero-order valence-corrected chi connectivity index (χ0v) is 13.8. The summed E-state index contributed by atoms with van der Waals surface area (Å²) in [7, 11) is 1.72. The third-order valence-corrected chi connectivity index (χ3v) is 4.65. The van der Waals surface area contributed by atoms with Crippen molar-refractivity contribution in [1.82, 2.24) is 10.3 Å². The molecule has 2 rings (SSSR count). The van der Waals surface area contributed by atoms with Gasteiger partial charge >= 0.3 is 0 Å². The molecule has 0 radical (unpaired) electrons. The topological polar surface area (TPSA) is 47.3 Å². The average Bonchev–Trinajstić information content (AvgIpc) is 2.90. The lowest BCUT2D eigenvalue weighted by atomic mass is 9.68. The van der Waals surface area contributed by atoms with E-state index in [4.69, 9.17) is 9.15 Å². The number of rotatable bonds is 8. The van der Waals surface area contributed by atoms with Crippen molar-refractivity contribution in [2.45, 2.75) is 58.3 Å². The van der Waals surface area contributed by atoms with Crippen molar-refractivity contribution in [1.29, 1.82) is 0 Å². The first-order valence-corrected chi connectivity index (χ1v) is 8.28. The van der Waals surface area contributed by atoms with Crippen molar-refractivity contribution in [3.05, 3.63) is 17.8 Å². The van der Waals surface area contributed by atoms with Gasteiger partial charge in [-0.3, -0.25) is 0 Å². The number of aromatic nitrogens is 1. The molecule has 0 saturated heterocycles. The van der Waals surface area contributed by atoms with E-state index in [2.05, 4.69) is 24.1 Å². The molecule has 4 heteroatoms. The molecule has 1 aliphatic rings. The van der Waals surface area contributed by atoms with E-state index in [0.29, 0.717) is 11.3 Å². The van der Waals surface area contributed by atoms with Crippen LogP contribution in [0.3, 0.4) is 0 Å². The molecule has 1 fully saturated rings. The molecular weight excluding hydrogens is 264 g/mol. The van der Waals surface area contributed by atoms with Gasteiger partial charge in [-0.2, -0.15) is 0 Å². The first kappa shape index (κ1) is 16.5.